The molecule has 0 bridgehead atoms. The minimum atomic E-state index is -0.300. The third-order valence-corrected chi connectivity index (χ3v) is 4.04. The summed E-state index contributed by atoms with van der Waals surface area (Å²) < 4.78 is 4.89. The third-order valence-electron chi connectivity index (χ3n) is 4.04. The summed E-state index contributed by atoms with van der Waals surface area (Å²) in [6, 6.07) is 3.41. The number of hydrogen-bond donors (Lipinski definition) is 2. The second-order valence-electron chi connectivity index (χ2n) is 5.84. The largest absolute Gasteiger partial charge is 0.383 e. The molecule has 0 atom stereocenters. The molecular formula is C17H25N3O3. The summed E-state index contributed by atoms with van der Waals surface area (Å²) in [5.41, 5.74) is 0.718. The molecule has 0 unspecified atom stereocenters. The predicted octanol–water partition coefficient (Wildman–Crippen LogP) is 1.91. The van der Waals surface area contributed by atoms with Crippen molar-refractivity contribution in [2.45, 2.75) is 44.6 Å². The molecule has 0 aliphatic heterocycles. The van der Waals surface area contributed by atoms with Crippen LogP contribution in [0.1, 0.15) is 59.4 Å². The first-order valence-corrected chi connectivity index (χ1v) is 8.25. The average Bonchev–Trinajstić information content (AvgIpc) is 2.84. The molecule has 1 fully saturated rings. The van der Waals surface area contributed by atoms with Gasteiger partial charge in [0.2, 0.25) is 0 Å². The van der Waals surface area contributed by atoms with E-state index in [0.29, 0.717) is 18.7 Å². The Morgan fingerprint density at radius 3 is 2.65 bits per heavy atom. The van der Waals surface area contributed by atoms with E-state index >= 15 is 0 Å². The summed E-state index contributed by atoms with van der Waals surface area (Å²) in [5.74, 6) is -0.434. The Labute approximate surface area is 137 Å². The maximum absolute atomic E-state index is 12.4. The number of rotatable bonds is 6. The molecule has 1 aliphatic carbocycles. The molecule has 126 valence electrons. The highest BCUT2D eigenvalue weighted by molar-refractivity contribution is 5.98. The Morgan fingerprint density at radius 1 is 1.22 bits per heavy atom. The SMILES string of the molecule is COCCNC(=O)c1cc(C(=O)NC2CCCCCC2)ccn1. The van der Waals surface area contributed by atoms with Gasteiger partial charge < -0.3 is 15.4 Å². The van der Waals surface area contributed by atoms with Crippen molar-refractivity contribution >= 4 is 11.8 Å². The second-order valence-corrected chi connectivity index (χ2v) is 5.84. The van der Waals surface area contributed by atoms with Crippen molar-refractivity contribution in [3.8, 4) is 0 Å². The Hall–Kier alpha value is -1.95. The van der Waals surface area contributed by atoms with Crippen molar-refractivity contribution in [3.05, 3.63) is 29.6 Å². The molecule has 2 rings (SSSR count). The molecule has 23 heavy (non-hydrogen) atoms. The van der Waals surface area contributed by atoms with Gasteiger partial charge in [0.05, 0.1) is 6.61 Å². The van der Waals surface area contributed by atoms with Gasteiger partial charge in [-0.05, 0) is 25.0 Å². The highest BCUT2D eigenvalue weighted by Crippen LogP contribution is 2.17. The zero-order valence-corrected chi connectivity index (χ0v) is 13.6. The molecule has 2 amide bonds. The van der Waals surface area contributed by atoms with E-state index in [1.165, 1.54) is 25.1 Å². The van der Waals surface area contributed by atoms with Gasteiger partial charge in [-0.1, -0.05) is 25.7 Å². The van der Waals surface area contributed by atoms with Crippen LogP contribution < -0.4 is 10.6 Å². The molecule has 0 radical (unpaired) electrons. The van der Waals surface area contributed by atoms with E-state index in [4.69, 9.17) is 4.74 Å². The van der Waals surface area contributed by atoms with Gasteiger partial charge in [0.25, 0.3) is 11.8 Å². The summed E-state index contributed by atoms with van der Waals surface area (Å²) in [7, 11) is 1.57. The van der Waals surface area contributed by atoms with Gasteiger partial charge in [0, 0.05) is 31.5 Å². The Bertz CT molecular complexity index is 526. The zero-order chi connectivity index (χ0) is 16.5. The minimum Gasteiger partial charge on any atom is -0.383 e. The molecule has 1 saturated carbocycles. The van der Waals surface area contributed by atoms with Gasteiger partial charge in [0.1, 0.15) is 5.69 Å². The second kappa shape index (κ2) is 9.25. The molecule has 1 aromatic heterocycles. The molecule has 6 nitrogen and oxygen atoms in total. The van der Waals surface area contributed by atoms with Crippen LogP contribution in [0.2, 0.25) is 0 Å². The minimum absolute atomic E-state index is 0.134. The molecule has 0 spiro atoms. The van der Waals surface area contributed by atoms with Crippen molar-refractivity contribution in [1.29, 1.82) is 0 Å². The zero-order valence-electron chi connectivity index (χ0n) is 13.6. The fraction of sp³-hybridized carbons (Fsp3) is 0.588. The Morgan fingerprint density at radius 2 is 1.96 bits per heavy atom. The van der Waals surface area contributed by atoms with E-state index in [0.717, 1.165) is 25.7 Å². The number of carbonyl (C=O) groups is 2. The number of ether oxygens (including phenoxy) is 1. The third kappa shape index (κ3) is 5.63. The molecule has 2 N–H and O–H groups in total. The van der Waals surface area contributed by atoms with E-state index in [9.17, 15) is 9.59 Å². The number of carbonyl (C=O) groups excluding carboxylic acids is 2. The normalized spacial score (nSPS) is 15.7. The van der Waals surface area contributed by atoms with Crippen molar-refractivity contribution in [3.63, 3.8) is 0 Å². The van der Waals surface area contributed by atoms with Crippen LogP contribution in [0.4, 0.5) is 0 Å². The lowest BCUT2D eigenvalue weighted by molar-refractivity contribution is 0.0932. The van der Waals surface area contributed by atoms with Gasteiger partial charge in [-0.3, -0.25) is 14.6 Å². The highest BCUT2D eigenvalue weighted by Gasteiger charge is 2.17. The van der Waals surface area contributed by atoms with E-state index in [1.54, 1.807) is 13.2 Å². The number of pyridine rings is 1. The van der Waals surface area contributed by atoms with E-state index in [-0.39, 0.29) is 23.6 Å². The Kier molecular flexibility index (Phi) is 7.00. The predicted molar refractivity (Wildman–Crippen MR) is 87.4 cm³/mol. The number of aromatic nitrogens is 1. The summed E-state index contributed by atoms with van der Waals surface area (Å²) in [6.07, 6.45) is 8.36. The summed E-state index contributed by atoms with van der Waals surface area (Å²) in [4.78, 5) is 28.4. The average molecular weight is 319 g/mol. The summed E-state index contributed by atoms with van der Waals surface area (Å²) >= 11 is 0. The molecular weight excluding hydrogens is 294 g/mol. The van der Waals surface area contributed by atoms with Gasteiger partial charge >= 0.3 is 0 Å². The fourth-order valence-corrected chi connectivity index (χ4v) is 2.75. The standard InChI is InChI=1S/C17H25N3O3/c1-23-11-10-19-17(22)15-12-13(8-9-18-15)16(21)20-14-6-4-2-3-5-7-14/h8-9,12,14H,2-7,10-11H2,1H3,(H,19,22)(H,20,21). The molecule has 0 saturated heterocycles. The van der Waals surface area contributed by atoms with E-state index < -0.39 is 0 Å². The van der Waals surface area contributed by atoms with Crippen LogP contribution in [0, 0.1) is 0 Å². The maximum Gasteiger partial charge on any atom is 0.269 e. The first kappa shape index (κ1) is 17.4. The lowest BCUT2D eigenvalue weighted by atomic mass is 10.1. The number of amides is 2. The van der Waals surface area contributed by atoms with Crippen LogP contribution in [0.15, 0.2) is 18.3 Å². The molecule has 1 aliphatic rings. The first-order valence-electron chi connectivity index (χ1n) is 8.25. The number of hydrogen-bond acceptors (Lipinski definition) is 4. The Balaban J connectivity index is 1.94. The quantitative estimate of drug-likeness (QED) is 0.620. The topological polar surface area (TPSA) is 80.3 Å². The fourth-order valence-electron chi connectivity index (χ4n) is 2.75. The van der Waals surface area contributed by atoms with Crippen molar-refractivity contribution in [1.82, 2.24) is 15.6 Å². The lowest BCUT2D eigenvalue weighted by Crippen LogP contribution is -2.34. The van der Waals surface area contributed by atoms with E-state index in [2.05, 4.69) is 15.6 Å². The van der Waals surface area contributed by atoms with E-state index in [1.807, 2.05) is 0 Å². The van der Waals surface area contributed by atoms with Crippen LogP contribution in [-0.4, -0.2) is 43.1 Å². The smallest absolute Gasteiger partial charge is 0.269 e. The van der Waals surface area contributed by atoms with Gasteiger partial charge in [-0.15, -0.1) is 0 Å². The van der Waals surface area contributed by atoms with Crippen LogP contribution in [0.5, 0.6) is 0 Å². The summed E-state index contributed by atoms with van der Waals surface area (Å²) in [6.45, 7) is 0.850. The van der Waals surface area contributed by atoms with Crippen LogP contribution >= 0.6 is 0 Å². The van der Waals surface area contributed by atoms with Crippen molar-refractivity contribution in [2.75, 3.05) is 20.3 Å². The first-order chi connectivity index (χ1) is 11.2. The maximum atomic E-state index is 12.4. The molecule has 1 aromatic rings. The molecule has 6 heteroatoms. The lowest BCUT2D eigenvalue weighted by Gasteiger charge is -2.16. The van der Waals surface area contributed by atoms with Gasteiger partial charge in [0.15, 0.2) is 0 Å². The van der Waals surface area contributed by atoms with Crippen LogP contribution in [-0.2, 0) is 4.74 Å². The van der Waals surface area contributed by atoms with Gasteiger partial charge in [-0.25, -0.2) is 0 Å². The van der Waals surface area contributed by atoms with Gasteiger partial charge in [-0.2, -0.15) is 0 Å². The number of methoxy groups -OCH3 is 1. The molecule has 0 aromatic carbocycles. The number of nitrogens with one attached hydrogen (secondary N) is 2. The number of nitrogens with zero attached hydrogens (tertiary/aromatic N) is 1. The van der Waals surface area contributed by atoms with Crippen LogP contribution in [0.25, 0.3) is 0 Å². The molecule has 1 heterocycles. The van der Waals surface area contributed by atoms with Crippen molar-refractivity contribution in [2.24, 2.45) is 0 Å². The highest BCUT2D eigenvalue weighted by atomic mass is 16.5. The monoisotopic (exact) mass is 319 g/mol. The van der Waals surface area contributed by atoms with Crippen molar-refractivity contribution < 1.29 is 14.3 Å². The van der Waals surface area contributed by atoms with Crippen LogP contribution in [0.3, 0.4) is 0 Å². The summed E-state index contributed by atoms with van der Waals surface area (Å²) in [5, 5.41) is 5.77.